The third-order valence-electron chi connectivity index (χ3n) is 6.51. The van der Waals surface area contributed by atoms with Gasteiger partial charge >= 0.3 is 6.18 Å². The SMILES string of the molecule is CCc1ccccc1CC(=O)Nc1ccc(-n2cc(NC(=O)CC(F)(F)F)cn2)c(SNCc2ccc(OC)cc2OC)c1. The number of carbonyl (C=O) groups excluding carboxylic acids is 2. The van der Waals surface area contributed by atoms with Gasteiger partial charge < -0.3 is 20.1 Å². The maximum Gasteiger partial charge on any atom is 0.397 e. The van der Waals surface area contributed by atoms with Crippen molar-refractivity contribution in [2.24, 2.45) is 0 Å². The zero-order chi connectivity index (χ0) is 31.7. The van der Waals surface area contributed by atoms with Gasteiger partial charge in [-0.25, -0.2) is 4.68 Å². The molecular weight excluding hydrogens is 595 g/mol. The van der Waals surface area contributed by atoms with Gasteiger partial charge in [0.15, 0.2) is 0 Å². The van der Waals surface area contributed by atoms with Gasteiger partial charge in [0, 0.05) is 23.9 Å². The average Bonchev–Trinajstić information content (AvgIpc) is 3.44. The van der Waals surface area contributed by atoms with Crippen molar-refractivity contribution in [1.29, 1.82) is 0 Å². The summed E-state index contributed by atoms with van der Waals surface area (Å²) in [7, 11) is 3.14. The molecule has 0 bridgehead atoms. The zero-order valence-corrected chi connectivity index (χ0v) is 25.1. The fourth-order valence-corrected chi connectivity index (χ4v) is 5.25. The monoisotopic (exact) mass is 627 g/mol. The molecule has 4 aromatic rings. The van der Waals surface area contributed by atoms with E-state index in [0.717, 1.165) is 23.1 Å². The van der Waals surface area contributed by atoms with Gasteiger partial charge in [-0.1, -0.05) is 37.3 Å². The summed E-state index contributed by atoms with van der Waals surface area (Å²) in [6.45, 7) is 2.44. The minimum Gasteiger partial charge on any atom is -0.497 e. The molecule has 0 aliphatic rings. The zero-order valence-electron chi connectivity index (χ0n) is 24.3. The predicted molar refractivity (Wildman–Crippen MR) is 163 cm³/mol. The Morgan fingerprint density at radius 1 is 0.909 bits per heavy atom. The highest BCUT2D eigenvalue weighted by atomic mass is 32.2. The van der Waals surface area contributed by atoms with Crippen LogP contribution in [0.3, 0.4) is 0 Å². The molecule has 232 valence electrons. The Balaban J connectivity index is 1.55. The van der Waals surface area contributed by atoms with Gasteiger partial charge in [0.1, 0.15) is 17.9 Å². The van der Waals surface area contributed by atoms with Crippen LogP contribution in [0.5, 0.6) is 11.5 Å². The highest BCUT2D eigenvalue weighted by Gasteiger charge is 2.31. The van der Waals surface area contributed by atoms with Crippen LogP contribution in [0.15, 0.2) is 78.0 Å². The number of benzene rings is 3. The van der Waals surface area contributed by atoms with E-state index in [4.69, 9.17) is 9.47 Å². The van der Waals surface area contributed by atoms with Crippen LogP contribution < -0.4 is 24.8 Å². The largest absolute Gasteiger partial charge is 0.497 e. The molecule has 44 heavy (non-hydrogen) atoms. The first-order chi connectivity index (χ1) is 21.1. The number of alkyl halides is 3. The van der Waals surface area contributed by atoms with Crippen molar-refractivity contribution in [3.63, 3.8) is 0 Å². The van der Waals surface area contributed by atoms with E-state index in [9.17, 15) is 22.8 Å². The van der Waals surface area contributed by atoms with Crippen LogP contribution in [-0.2, 0) is 29.0 Å². The summed E-state index contributed by atoms with van der Waals surface area (Å²) < 4.78 is 53.3. The number of nitrogens with zero attached hydrogens (tertiary/aromatic N) is 2. The fraction of sp³-hybridized carbons (Fsp3) is 0.258. The van der Waals surface area contributed by atoms with Crippen LogP contribution in [0.2, 0.25) is 0 Å². The lowest BCUT2D eigenvalue weighted by Gasteiger charge is -2.15. The molecule has 3 N–H and O–H groups in total. The molecule has 0 atom stereocenters. The van der Waals surface area contributed by atoms with Gasteiger partial charge in [-0.15, -0.1) is 0 Å². The molecule has 4 rings (SSSR count). The van der Waals surface area contributed by atoms with Gasteiger partial charge in [-0.3, -0.25) is 14.3 Å². The van der Waals surface area contributed by atoms with E-state index < -0.39 is 18.5 Å². The average molecular weight is 628 g/mol. The van der Waals surface area contributed by atoms with Crippen molar-refractivity contribution in [2.45, 2.75) is 43.8 Å². The second-order valence-electron chi connectivity index (χ2n) is 9.64. The Kier molecular flexibility index (Phi) is 10.9. The first-order valence-electron chi connectivity index (χ1n) is 13.6. The van der Waals surface area contributed by atoms with Crippen LogP contribution >= 0.6 is 11.9 Å². The first kappa shape index (κ1) is 32.4. The van der Waals surface area contributed by atoms with E-state index in [0.29, 0.717) is 34.3 Å². The minimum absolute atomic E-state index is 0.109. The third-order valence-corrected chi connectivity index (χ3v) is 7.34. The quantitative estimate of drug-likeness (QED) is 0.149. The van der Waals surface area contributed by atoms with E-state index in [1.165, 1.54) is 29.0 Å². The molecule has 0 spiro atoms. The molecule has 1 heterocycles. The van der Waals surface area contributed by atoms with Crippen LogP contribution in [0, 0.1) is 0 Å². The molecule has 0 saturated carbocycles. The normalized spacial score (nSPS) is 11.2. The number of nitrogens with one attached hydrogen (secondary N) is 3. The smallest absolute Gasteiger partial charge is 0.397 e. The molecule has 2 amide bonds. The molecule has 0 aliphatic heterocycles. The van der Waals surface area contributed by atoms with Crippen LogP contribution in [0.1, 0.15) is 30.0 Å². The molecule has 0 saturated heterocycles. The molecule has 9 nitrogen and oxygen atoms in total. The number of anilines is 2. The molecule has 0 aliphatic carbocycles. The van der Waals surface area contributed by atoms with E-state index in [1.54, 1.807) is 38.5 Å². The van der Waals surface area contributed by atoms with E-state index in [1.807, 2.05) is 43.3 Å². The Bertz CT molecular complexity index is 1610. The number of hydrogen-bond acceptors (Lipinski definition) is 7. The molecule has 0 radical (unpaired) electrons. The van der Waals surface area contributed by atoms with Crippen molar-refractivity contribution >= 4 is 35.1 Å². The second-order valence-corrected chi connectivity index (χ2v) is 10.6. The summed E-state index contributed by atoms with van der Waals surface area (Å²) in [5.41, 5.74) is 4.14. The Labute approximate surface area is 257 Å². The summed E-state index contributed by atoms with van der Waals surface area (Å²) in [6, 6.07) is 18.5. The number of amides is 2. The molecule has 3 aromatic carbocycles. The molecule has 13 heteroatoms. The van der Waals surface area contributed by atoms with Gasteiger partial charge in [0.2, 0.25) is 11.8 Å². The number of ether oxygens (including phenoxy) is 2. The van der Waals surface area contributed by atoms with Crippen molar-refractivity contribution in [3.05, 3.63) is 89.7 Å². The number of carbonyl (C=O) groups is 2. The number of aromatic nitrogens is 2. The number of halogens is 3. The van der Waals surface area contributed by atoms with E-state index >= 15 is 0 Å². The lowest BCUT2D eigenvalue weighted by molar-refractivity contribution is -0.150. The number of rotatable bonds is 13. The van der Waals surface area contributed by atoms with Crippen molar-refractivity contribution < 1.29 is 32.2 Å². The van der Waals surface area contributed by atoms with Crippen LogP contribution in [0.25, 0.3) is 5.69 Å². The summed E-state index contributed by atoms with van der Waals surface area (Å²) >= 11 is 1.26. The van der Waals surface area contributed by atoms with Crippen molar-refractivity contribution in [3.8, 4) is 17.2 Å². The fourth-order valence-electron chi connectivity index (χ4n) is 4.41. The number of aryl methyl sites for hydroxylation is 1. The summed E-state index contributed by atoms with van der Waals surface area (Å²) in [4.78, 5) is 25.4. The van der Waals surface area contributed by atoms with Gasteiger partial charge in [0.25, 0.3) is 0 Å². The van der Waals surface area contributed by atoms with Crippen molar-refractivity contribution in [1.82, 2.24) is 14.5 Å². The molecule has 0 fully saturated rings. The second kappa shape index (κ2) is 14.8. The maximum atomic E-state index is 12.9. The highest BCUT2D eigenvalue weighted by molar-refractivity contribution is 7.97. The van der Waals surface area contributed by atoms with Gasteiger partial charge in [-0.05, 0) is 53.8 Å². The maximum absolute atomic E-state index is 12.9. The number of hydrogen-bond donors (Lipinski definition) is 3. The summed E-state index contributed by atoms with van der Waals surface area (Å²) in [6.07, 6.45) is -2.52. The standard InChI is InChI=1S/C31H32F3N5O4S/c1-4-20-7-5-6-8-21(20)13-29(40)37-23-10-12-26(39-19-24(18-35-39)38-30(41)16-31(32,33)34)28(14-23)44-36-17-22-9-11-25(42-2)15-27(22)43-3/h5-12,14-15,18-19,36H,4,13,16-17H2,1-3H3,(H,37,40)(H,38,41). The molecule has 1 aromatic heterocycles. The van der Waals surface area contributed by atoms with Crippen molar-refractivity contribution in [2.75, 3.05) is 24.9 Å². The topological polar surface area (TPSA) is 107 Å². The molecular formula is C31H32F3N5O4S. The summed E-state index contributed by atoms with van der Waals surface area (Å²) in [5.74, 6) is -0.0801. The Hall–Kier alpha value is -4.49. The minimum atomic E-state index is -4.62. The first-order valence-corrected chi connectivity index (χ1v) is 14.4. The van der Waals surface area contributed by atoms with E-state index in [-0.39, 0.29) is 18.0 Å². The highest BCUT2D eigenvalue weighted by Crippen LogP contribution is 2.30. The predicted octanol–water partition coefficient (Wildman–Crippen LogP) is 6.32. The van der Waals surface area contributed by atoms with Gasteiger partial charge in [-0.2, -0.15) is 18.3 Å². The van der Waals surface area contributed by atoms with Crippen LogP contribution in [0.4, 0.5) is 24.5 Å². The molecule has 0 unspecified atom stereocenters. The van der Waals surface area contributed by atoms with Crippen LogP contribution in [-0.4, -0.2) is 42.0 Å². The Morgan fingerprint density at radius 3 is 2.36 bits per heavy atom. The lowest BCUT2D eigenvalue weighted by atomic mass is 10.0. The van der Waals surface area contributed by atoms with Gasteiger partial charge in [0.05, 0.1) is 49.3 Å². The Morgan fingerprint density at radius 2 is 1.66 bits per heavy atom. The summed E-state index contributed by atoms with van der Waals surface area (Å²) in [5, 5.41) is 9.40. The third kappa shape index (κ3) is 9.01. The lowest BCUT2D eigenvalue weighted by Crippen LogP contribution is -2.20. The number of methoxy groups -OCH3 is 2. The van der Waals surface area contributed by atoms with E-state index in [2.05, 4.69) is 20.5 Å².